The first-order valence-electron chi connectivity index (χ1n) is 14.1. The van der Waals surface area contributed by atoms with Gasteiger partial charge < -0.3 is 34.3 Å². The minimum absolute atomic E-state index is 0.0398. The number of esters is 5. The van der Waals surface area contributed by atoms with Crippen molar-refractivity contribution in [3.05, 3.63) is 12.7 Å². The van der Waals surface area contributed by atoms with Crippen molar-refractivity contribution in [1.82, 2.24) is 10.6 Å². The molecule has 0 saturated carbocycles. The Bertz CT molecular complexity index is 875. The van der Waals surface area contributed by atoms with E-state index in [1.54, 1.807) is 0 Å². The van der Waals surface area contributed by atoms with Crippen LogP contribution in [-0.2, 0) is 57.2 Å². The van der Waals surface area contributed by atoms with E-state index in [2.05, 4.69) is 21.9 Å². The summed E-state index contributed by atoms with van der Waals surface area (Å²) in [4.78, 5) is 80.8. The van der Waals surface area contributed by atoms with Gasteiger partial charge in [-0.15, -0.1) is 0 Å². The summed E-state index contributed by atoms with van der Waals surface area (Å²) in [6.45, 7) is 5.84. The molecule has 2 amide bonds. The smallest absolute Gasteiger partial charge is 0.330 e. The molecule has 0 spiro atoms. The lowest BCUT2D eigenvalue weighted by Gasteiger charge is -2.08. The Morgan fingerprint density at radius 1 is 0.548 bits per heavy atom. The highest BCUT2D eigenvalue weighted by Gasteiger charge is 2.13. The second-order valence-corrected chi connectivity index (χ2v) is 8.93. The second-order valence-electron chi connectivity index (χ2n) is 8.93. The fraction of sp³-hybridized carbons (Fsp3) is 0.679. The maximum Gasteiger partial charge on any atom is 0.330 e. The molecule has 0 bridgehead atoms. The van der Waals surface area contributed by atoms with E-state index in [1.807, 2.05) is 6.92 Å². The van der Waals surface area contributed by atoms with Gasteiger partial charge in [-0.05, 0) is 44.9 Å². The van der Waals surface area contributed by atoms with Crippen LogP contribution in [0.1, 0.15) is 77.6 Å². The van der Waals surface area contributed by atoms with Gasteiger partial charge in [0.2, 0.25) is 11.8 Å². The molecule has 0 aromatic heterocycles. The zero-order chi connectivity index (χ0) is 31.4. The van der Waals surface area contributed by atoms with Gasteiger partial charge in [-0.2, -0.15) is 0 Å². The normalized spacial score (nSPS) is 10.1. The zero-order valence-electron chi connectivity index (χ0n) is 24.4. The van der Waals surface area contributed by atoms with Crippen LogP contribution in [0.5, 0.6) is 0 Å². The monoisotopic (exact) mass is 600 g/mol. The van der Waals surface area contributed by atoms with Gasteiger partial charge >= 0.3 is 29.8 Å². The Morgan fingerprint density at radius 2 is 0.976 bits per heavy atom. The molecule has 0 aliphatic heterocycles. The van der Waals surface area contributed by atoms with Crippen LogP contribution in [0, 0.1) is 0 Å². The summed E-state index contributed by atoms with van der Waals surface area (Å²) >= 11 is 0. The fourth-order valence-corrected chi connectivity index (χ4v) is 3.08. The quantitative estimate of drug-likeness (QED) is 0.0505. The van der Waals surface area contributed by atoms with Gasteiger partial charge in [0.15, 0.2) is 0 Å². The van der Waals surface area contributed by atoms with Crippen LogP contribution in [0.2, 0.25) is 0 Å². The highest BCUT2D eigenvalue weighted by atomic mass is 16.6. The van der Waals surface area contributed by atoms with Crippen molar-refractivity contribution >= 4 is 41.7 Å². The average molecular weight is 601 g/mol. The molecule has 2 N–H and O–H groups in total. The first-order valence-corrected chi connectivity index (χ1v) is 14.1. The van der Waals surface area contributed by atoms with Crippen molar-refractivity contribution in [2.75, 3.05) is 46.1 Å². The number of nitrogens with one attached hydrogen (secondary N) is 2. The molecule has 0 unspecified atom stereocenters. The lowest BCUT2D eigenvalue weighted by Crippen LogP contribution is -2.36. The summed E-state index contributed by atoms with van der Waals surface area (Å²) in [6.07, 6.45) is 4.83. The van der Waals surface area contributed by atoms with Crippen molar-refractivity contribution in [3.63, 3.8) is 0 Å². The van der Waals surface area contributed by atoms with E-state index in [0.717, 1.165) is 12.5 Å². The summed E-state index contributed by atoms with van der Waals surface area (Å²) in [5.41, 5.74) is 0. The van der Waals surface area contributed by atoms with E-state index in [1.165, 1.54) is 0 Å². The van der Waals surface area contributed by atoms with Crippen molar-refractivity contribution < 1.29 is 57.2 Å². The number of hydrogen-bond acceptors (Lipinski definition) is 12. The molecule has 0 aromatic rings. The van der Waals surface area contributed by atoms with Crippen LogP contribution in [0.4, 0.5) is 0 Å². The second kappa shape index (κ2) is 26.0. The first-order chi connectivity index (χ1) is 20.2. The third kappa shape index (κ3) is 25.0. The summed E-state index contributed by atoms with van der Waals surface area (Å²) in [5.74, 6) is -3.78. The number of carbonyl (C=O) groups excluding carboxylic acids is 7. The molecule has 42 heavy (non-hydrogen) atoms. The van der Waals surface area contributed by atoms with Gasteiger partial charge in [-0.1, -0.05) is 13.5 Å². The SMILES string of the molecule is C=CC(=O)OCCOC(=O)CCCCCOC(=O)CC(=O)NCCNC(=O)CC(=O)OCCCCCC(=O)OCCC. The number of carbonyl (C=O) groups is 7. The standard InChI is InChI=1S/C28H44N2O12/c1-3-15-38-25(34)11-7-5-9-16-39-27(36)20-22(31)29-13-14-30-23(32)21-28(37)40-17-10-6-8-12-26(35)42-19-18-41-24(33)4-2/h4H,2-3,5-21H2,1H3,(H,29,31)(H,30,32). The van der Waals surface area contributed by atoms with Crippen molar-refractivity contribution in [2.24, 2.45) is 0 Å². The lowest BCUT2D eigenvalue weighted by atomic mass is 10.2. The number of unbranched alkanes of at least 4 members (excludes halogenated alkanes) is 4. The summed E-state index contributed by atoms with van der Waals surface area (Å²) in [6, 6.07) is 0. The number of rotatable bonds is 25. The maximum absolute atomic E-state index is 11.8. The van der Waals surface area contributed by atoms with Crippen LogP contribution in [0.25, 0.3) is 0 Å². The third-order valence-corrected chi connectivity index (χ3v) is 5.18. The topological polar surface area (TPSA) is 190 Å². The Labute approximate surface area is 246 Å². The average Bonchev–Trinajstić information content (AvgIpc) is 2.95. The van der Waals surface area contributed by atoms with E-state index in [9.17, 15) is 33.6 Å². The van der Waals surface area contributed by atoms with Crippen LogP contribution < -0.4 is 10.6 Å². The summed E-state index contributed by atoms with van der Waals surface area (Å²) < 4.78 is 24.5. The van der Waals surface area contributed by atoms with E-state index >= 15 is 0 Å². The zero-order valence-corrected chi connectivity index (χ0v) is 24.4. The molecule has 238 valence electrons. The van der Waals surface area contributed by atoms with Gasteiger partial charge in [-0.3, -0.25) is 28.8 Å². The molecule has 0 atom stereocenters. The molecule has 0 saturated heterocycles. The van der Waals surface area contributed by atoms with Crippen molar-refractivity contribution in [2.45, 2.75) is 77.6 Å². The van der Waals surface area contributed by atoms with Crippen molar-refractivity contribution in [3.8, 4) is 0 Å². The predicted octanol–water partition coefficient (Wildman–Crippen LogP) is 1.43. The largest absolute Gasteiger partial charge is 0.466 e. The third-order valence-electron chi connectivity index (χ3n) is 5.18. The van der Waals surface area contributed by atoms with Gasteiger partial charge in [0, 0.05) is 32.0 Å². The van der Waals surface area contributed by atoms with E-state index in [0.29, 0.717) is 51.6 Å². The molecular weight excluding hydrogens is 556 g/mol. The fourth-order valence-electron chi connectivity index (χ4n) is 3.08. The van der Waals surface area contributed by atoms with Crippen LogP contribution in [-0.4, -0.2) is 87.8 Å². The van der Waals surface area contributed by atoms with Crippen LogP contribution >= 0.6 is 0 Å². The van der Waals surface area contributed by atoms with Crippen LogP contribution in [0.15, 0.2) is 12.7 Å². The van der Waals surface area contributed by atoms with Gasteiger partial charge in [0.05, 0.1) is 19.8 Å². The molecule has 0 rings (SSSR count). The molecule has 0 aliphatic rings. The number of hydrogen-bond donors (Lipinski definition) is 2. The molecule has 0 fully saturated rings. The molecule has 0 aromatic carbocycles. The molecule has 0 heterocycles. The molecule has 0 aliphatic carbocycles. The Balaban J connectivity index is 3.67. The van der Waals surface area contributed by atoms with E-state index < -0.39 is 48.5 Å². The van der Waals surface area contributed by atoms with Gasteiger partial charge in [0.25, 0.3) is 0 Å². The molecule has 0 radical (unpaired) electrons. The first kappa shape index (κ1) is 38.0. The van der Waals surface area contributed by atoms with E-state index in [-0.39, 0.29) is 51.9 Å². The maximum atomic E-state index is 11.8. The molecule has 14 nitrogen and oxygen atoms in total. The Morgan fingerprint density at radius 3 is 1.43 bits per heavy atom. The van der Waals surface area contributed by atoms with Gasteiger partial charge in [0.1, 0.15) is 26.1 Å². The van der Waals surface area contributed by atoms with Gasteiger partial charge in [-0.25, -0.2) is 4.79 Å². The minimum atomic E-state index is -0.704. The summed E-state index contributed by atoms with van der Waals surface area (Å²) in [7, 11) is 0. The number of amides is 2. The number of ether oxygens (including phenoxy) is 5. The predicted molar refractivity (Wildman–Crippen MR) is 147 cm³/mol. The van der Waals surface area contributed by atoms with Crippen molar-refractivity contribution in [1.29, 1.82) is 0 Å². The minimum Gasteiger partial charge on any atom is -0.466 e. The Hall–Kier alpha value is -3.97. The lowest BCUT2D eigenvalue weighted by molar-refractivity contribution is -0.150. The van der Waals surface area contributed by atoms with E-state index in [4.69, 9.17) is 18.9 Å². The Kier molecular flexibility index (Phi) is 23.5. The highest BCUT2D eigenvalue weighted by molar-refractivity contribution is 5.95. The van der Waals surface area contributed by atoms with Crippen LogP contribution in [0.3, 0.4) is 0 Å². The summed E-state index contributed by atoms with van der Waals surface area (Å²) in [5, 5.41) is 4.93. The highest BCUT2D eigenvalue weighted by Crippen LogP contribution is 2.04. The molecular formula is C28H44N2O12. The molecule has 14 heteroatoms.